The molecule has 7 nitrogen and oxygen atoms in total. The predicted molar refractivity (Wildman–Crippen MR) is 127 cm³/mol. The van der Waals surface area contributed by atoms with Crippen LogP contribution in [0, 0.1) is 17.2 Å². The molecule has 4 heterocycles. The molecule has 0 saturated carbocycles. The van der Waals surface area contributed by atoms with Crippen LogP contribution in [0.5, 0.6) is 0 Å². The van der Waals surface area contributed by atoms with E-state index in [1.807, 2.05) is 6.07 Å². The number of hydrogen-bond acceptors (Lipinski definition) is 6. The molecular formula is C25H25N5O2S. The molecule has 33 heavy (non-hydrogen) atoms. The molecule has 5 rings (SSSR count). The number of benzene rings is 1. The summed E-state index contributed by atoms with van der Waals surface area (Å²) in [6.45, 7) is 5.30. The summed E-state index contributed by atoms with van der Waals surface area (Å²) < 4.78 is 28.6. The quantitative estimate of drug-likeness (QED) is 0.448. The third-order valence-electron chi connectivity index (χ3n) is 6.66. The normalized spacial score (nSPS) is 15.8. The molecule has 0 N–H and O–H groups in total. The highest BCUT2D eigenvalue weighted by Gasteiger charge is 2.28. The molecule has 3 aromatic heterocycles. The van der Waals surface area contributed by atoms with E-state index in [1.165, 1.54) is 10.2 Å². The Labute approximate surface area is 193 Å². The van der Waals surface area contributed by atoms with Gasteiger partial charge < -0.3 is 4.90 Å². The number of aromatic nitrogens is 3. The highest BCUT2D eigenvalue weighted by molar-refractivity contribution is 7.90. The number of rotatable bonds is 5. The van der Waals surface area contributed by atoms with E-state index in [4.69, 9.17) is 0 Å². The number of piperidine rings is 1. The second-order valence-corrected chi connectivity index (χ2v) is 10.3. The molecule has 0 bridgehead atoms. The van der Waals surface area contributed by atoms with Gasteiger partial charge in [0.1, 0.15) is 11.8 Å². The molecule has 0 spiro atoms. The Morgan fingerprint density at radius 2 is 1.85 bits per heavy atom. The summed E-state index contributed by atoms with van der Waals surface area (Å²) in [4.78, 5) is 11.5. The van der Waals surface area contributed by atoms with E-state index < -0.39 is 10.0 Å². The molecule has 1 aliphatic rings. The van der Waals surface area contributed by atoms with Gasteiger partial charge in [-0.05, 0) is 74.6 Å². The average molecular weight is 460 g/mol. The van der Waals surface area contributed by atoms with Crippen molar-refractivity contribution in [2.45, 2.75) is 31.1 Å². The second kappa shape index (κ2) is 8.58. The van der Waals surface area contributed by atoms with E-state index in [0.717, 1.165) is 48.8 Å². The lowest BCUT2D eigenvalue weighted by Gasteiger charge is -2.31. The minimum absolute atomic E-state index is 0.187. The highest BCUT2D eigenvalue weighted by Crippen LogP contribution is 2.36. The van der Waals surface area contributed by atoms with Gasteiger partial charge in [0.2, 0.25) is 0 Å². The first kappa shape index (κ1) is 21.6. The standard InChI is InChI=1S/C25H25N5O2S/c1-2-29-13-10-18(11-14-29)15-21-22(16-26)28-17-23-24(21)20-9-6-12-27-25(20)30(23)33(31,32)19-7-4-3-5-8-19/h3-9,12,17-18H,2,10-11,13-15H2,1H3. The zero-order chi connectivity index (χ0) is 23.0. The van der Waals surface area contributed by atoms with Crippen molar-refractivity contribution in [3.05, 3.63) is 66.1 Å². The van der Waals surface area contributed by atoms with Crippen molar-refractivity contribution >= 4 is 32.0 Å². The van der Waals surface area contributed by atoms with Crippen LogP contribution in [0.4, 0.5) is 0 Å². The van der Waals surface area contributed by atoms with Crippen LogP contribution in [0.3, 0.4) is 0 Å². The van der Waals surface area contributed by atoms with Gasteiger partial charge in [0, 0.05) is 17.0 Å². The molecule has 0 amide bonds. The summed E-state index contributed by atoms with van der Waals surface area (Å²) in [5, 5.41) is 11.3. The molecule has 0 aliphatic carbocycles. The van der Waals surface area contributed by atoms with Crippen LogP contribution in [0.1, 0.15) is 31.0 Å². The van der Waals surface area contributed by atoms with Crippen LogP contribution in [-0.4, -0.2) is 46.9 Å². The van der Waals surface area contributed by atoms with Crippen LogP contribution in [-0.2, 0) is 16.4 Å². The van der Waals surface area contributed by atoms with Crippen molar-refractivity contribution in [3.8, 4) is 6.07 Å². The molecule has 0 unspecified atom stereocenters. The summed E-state index contributed by atoms with van der Waals surface area (Å²) in [6, 6.07) is 14.3. The zero-order valence-electron chi connectivity index (χ0n) is 18.5. The average Bonchev–Trinajstić information content (AvgIpc) is 3.21. The van der Waals surface area contributed by atoms with Gasteiger partial charge in [0.15, 0.2) is 5.65 Å². The van der Waals surface area contributed by atoms with Gasteiger partial charge in [-0.1, -0.05) is 25.1 Å². The topological polar surface area (TPSA) is 91.9 Å². The molecule has 8 heteroatoms. The molecule has 1 saturated heterocycles. The van der Waals surface area contributed by atoms with E-state index in [1.54, 1.807) is 42.6 Å². The Morgan fingerprint density at radius 1 is 1.09 bits per heavy atom. The summed E-state index contributed by atoms with van der Waals surface area (Å²) in [7, 11) is -3.90. The van der Waals surface area contributed by atoms with Gasteiger partial charge in [-0.2, -0.15) is 5.26 Å². The van der Waals surface area contributed by atoms with E-state index in [0.29, 0.717) is 29.2 Å². The van der Waals surface area contributed by atoms with Gasteiger partial charge in [0.05, 0.1) is 16.6 Å². The maximum atomic E-state index is 13.7. The molecule has 1 aliphatic heterocycles. The summed E-state index contributed by atoms with van der Waals surface area (Å²) in [5.74, 6) is 0.424. The van der Waals surface area contributed by atoms with Crippen LogP contribution in [0.15, 0.2) is 59.8 Å². The Kier molecular flexibility index (Phi) is 5.60. The molecule has 0 radical (unpaired) electrons. The monoisotopic (exact) mass is 459 g/mol. The summed E-state index contributed by atoms with van der Waals surface area (Å²) >= 11 is 0. The van der Waals surface area contributed by atoms with E-state index in [9.17, 15) is 13.7 Å². The van der Waals surface area contributed by atoms with E-state index in [2.05, 4.69) is 27.9 Å². The lowest BCUT2D eigenvalue weighted by atomic mass is 9.88. The number of nitrogens with zero attached hydrogens (tertiary/aromatic N) is 5. The number of nitriles is 1. The van der Waals surface area contributed by atoms with Crippen LogP contribution < -0.4 is 0 Å². The molecule has 1 aromatic carbocycles. The number of hydrogen-bond donors (Lipinski definition) is 0. The van der Waals surface area contributed by atoms with Crippen molar-refractivity contribution in [2.24, 2.45) is 5.92 Å². The maximum absolute atomic E-state index is 13.7. The van der Waals surface area contributed by atoms with Crippen LogP contribution in [0.25, 0.3) is 21.9 Å². The SMILES string of the molecule is CCN1CCC(Cc2c(C#N)ncc3c2c2cccnc2n3S(=O)(=O)c2ccccc2)CC1. The number of likely N-dealkylation sites (tertiary alicyclic amines) is 1. The predicted octanol–water partition coefficient (Wildman–Crippen LogP) is 3.97. The summed E-state index contributed by atoms with van der Waals surface area (Å²) in [6.07, 6.45) is 5.89. The summed E-state index contributed by atoms with van der Waals surface area (Å²) in [5.41, 5.74) is 2.01. The third-order valence-corrected chi connectivity index (χ3v) is 8.38. The first-order valence-corrected chi connectivity index (χ1v) is 12.7. The highest BCUT2D eigenvalue weighted by atomic mass is 32.2. The van der Waals surface area contributed by atoms with Crippen LogP contribution in [0.2, 0.25) is 0 Å². The fourth-order valence-corrected chi connectivity index (χ4v) is 6.38. The van der Waals surface area contributed by atoms with Crippen molar-refractivity contribution in [2.75, 3.05) is 19.6 Å². The molecule has 0 atom stereocenters. The molecule has 168 valence electrons. The van der Waals surface area contributed by atoms with Crippen molar-refractivity contribution in [1.82, 2.24) is 18.8 Å². The Balaban J connectivity index is 1.73. The lowest BCUT2D eigenvalue weighted by Crippen LogP contribution is -2.34. The fraction of sp³-hybridized carbons (Fsp3) is 0.320. The van der Waals surface area contributed by atoms with Gasteiger partial charge >= 0.3 is 0 Å². The van der Waals surface area contributed by atoms with E-state index >= 15 is 0 Å². The molecule has 1 fully saturated rings. The molecule has 4 aromatic rings. The van der Waals surface area contributed by atoms with Crippen LogP contribution >= 0.6 is 0 Å². The zero-order valence-corrected chi connectivity index (χ0v) is 19.3. The number of pyridine rings is 2. The van der Waals surface area contributed by atoms with Crippen molar-refractivity contribution < 1.29 is 8.42 Å². The molecular weight excluding hydrogens is 434 g/mol. The smallest absolute Gasteiger partial charge is 0.269 e. The minimum Gasteiger partial charge on any atom is -0.304 e. The Morgan fingerprint density at radius 3 is 2.55 bits per heavy atom. The van der Waals surface area contributed by atoms with E-state index in [-0.39, 0.29) is 4.90 Å². The number of fused-ring (bicyclic) bond motifs is 3. The van der Waals surface area contributed by atoms with Gasteiger partial charge in [0.25, 0.3) is 10.0 Å². The van der Waals surface area contributed by atoms with Crippen molar-refractivity contribution in [3.63, 3.8) is 0 Å². The fourth-order valence-electron chi connectivity index (χ4n) is 4.90. The van der Waals surface area contributed by atoms with Gasteiger partial charge in [-0.15, -0.1) is 0 Å². The van der Waals surface area contributed by atoms with Crippen molar-refractivity contribution in [1.29, 1.82) is 5.26 Å². The Bertz CT molecular complexity index is 1460. The largest absolute Gasteiger partial charge is 0.304 e. The Hall–Kier alpha value is -3.28. The minimum atomic E-state index is -3.90. The lowest BCUT2D eigenvalue weighted by molar-refractivity contribution is 0.192. The first-order chi connectivity index (χ1) is 16.0. The first-order valence-electron chi connectivity index (χ1n) is 11.2. The maximum Gasteiger partial charge on any atom is 0.269 e. The third kappa shape index (κ3) is 3.67. The van der Waals surface area contributed by atoms with Gasteiger partial charge in [-0.25, -0.2) is 22.4 Å². The second-order valence-electron chi connectivity index (χ2n) is 8.50. The van der Waals surface area contributed by atoms with Gasteiger partial charge in [-0.3, -0.25) is 0 Å².